The highest BCUT2D eigenvalue weighted by atomic mass is 16.4. The molecule has 0 aromatic carbocycles. The fourth-order valence-electron chi connectivity index (χ4n) is 2.28. The number of allylic oxidation sites excluding steroid dienone is 6. The molecule has 0 bridgehead atoms. The summed E-state index contributed by atoms with van der Waals surface area (Å²) in [5, 5.41) is 38.2. The lowest BCUT2D eigenvalue weighted by Crippen LogP contribution is -2.23. The van der Waals surface area contributed by atoms with E-state index in [1.54, 1.807) is 55.5 Å². The van der Waals surface area contributed by atoms with Crippen LogP contribution in [0.15, 0.2) is 48.6 Å². The molecule has 3 atom stereocenters. The molecule has 0 amide bonds. The first-order chi connectivity index (χ1) is 12.3. The second-order valence-electron chi connectivity index (χ2n) is 6.67. The standard InChI is InChI=1S/C21H34O5/c1-3-4-9-13-18(22)19(23)14-10-7-5-6-8-11-16-21(2,26)17-12-15-20(24)25/h5-8,10-11,14,16,18-19,22-23,26H,3-4,9,12-13,15,17H2,1-2H3,(H,24,25)/t18-,19+,21+/m0/s1. The minimum atomic E-state index is -1.03. The van der Waals surface area contributed by atoms with E-state index in [9.17, 15) is 20.1 Å². The molecule has 0 unspecified atom stereocenters. The fourth-order valence-corrected chi connectivity index (χ4v) is 2.28. The van der Waals surface area contributed by atoms with E-state index < -0.39 is 23.8 Å². The molecule has 0 aromatic rings. The molecular weight excluding hydrogens is 332 g/mol. The topological polar surface area (TPSA) is 98.0 Å². The Hall–Kier alpha value is -1.69. The maximum absolute atomic E-state index is 10.5. The number of hydrogen-bond donors (Lipinski definition) is 4. The number of hydrogen-bond acceptors (Lipinski definition) is 4. The molecule has 0 saturated carbocycles. The maximum Gasteiger partial charge on any atom is 0.303 e. The van der Waals surface area contributed by atoms with Gasteiger partial charge in [0.2, 0.25) is 0 Å². The Kier molecular flexibility index (Phi) is 13.5. The first kappa shape index (κ1) is 24.3. The number of carbonyl (C=O) groups is 1. The van der Waals surface area contributed by atoms with Crippen LogP contribution in [0.4, 0.5) is 0 Å². The second kappa shape index (κ2) is 14.5. The number of aliphatic hydroxyl groups is 3. The quantitative estimate of drug-likeness (QED) is 0.278. The predicted octanol–water partition coefficient (Wildman–Crippen LogP) is 3.52. The summed E-state index contributed by atoms with van der Waals surface area (Å²) in [6.45, 7) is 3.74. The van der Waals surface area contributed by atoms with E-state index >= 15 is 0 Å². The van der Waals surface area contributed by atoms with Crippen LogP contribution in [0.3, 0.4) is 0 Å². The van der Waals surface area contributed by atoms with Gasteiger partial charge in [-0.15, -0.1) is 0 Å². The number of aliphatic hydroxyl groups excluding tert-OH is 2. The van der Waals surface area contributed by atoms with Crippen molar-refractivity contribution in [1.29, 1.82) is 0 Å². The summed E-state index contributed by atoms with van der Waals surface area (Å²) in [6, 6.07) is 0. The molecule has 0 radical (unpaired) electrons. The molecule has 0 spiro atoms. The summed E-state index contributed by atoms with van der Waals surface area (Å²) in [5.74, 6) is -0.860. The monoisotopic (exact) mass is 366 g/mol. The molecule has 0 heterocycles. The predicted molar refractivity (Wildman–Crippen MR) is 105 cm³/mol. The molecule has 5 nitrogen and oxygen atoms in total. The molecule has 0 aliphatic carbocycles. The molecule has 0 saturated heterocycles. The van der Waals surface area contributed by atoms with Gasteiger partial charge >= 0.3 is 5.97 Å². The Morgan fingerprint density at radius 3 is 2.23 bits per heavy atom. The Morgan fingerprint density at radius 1 is 1.00 bits per heavy atom. The summed E-state index contributed by atoms with van der Waals surface area (Å²) in [7, 11) is 0. The zero-order chi connectivity index (χ0) is 19.8. The molecule has 148 valence electrons. The van der Waals surface area contributed by atoms with E-state index in [0.717, 1.165) is 19.3 Å². The van der Waals surface area contributed by atoms with E-state index in [4.69, 9.17) is 5.11 Å². The molecule has 0 rings (SSSR count). The van der Waals surface area contributed by atoms with Crippen LogP contribution in [0.2, 0.25) is 0 Å². The van der Waals surface area contributed by atoms with Crippen molar-refractivity contribution in [3.8, 4) is 0 Å². The molecule has 0 aliphatic heterocycles. The first-order valence-electron chi connectivity index (χ1n) is 9.28. The Labute approximate surface area is 157 Å². The molecule has 0 aliphatic rings. The average Bonchev–Trinajstić information content (AvgIpc) is 2.56. The van der Waals surface area contributed by atoms with Gasteiger partial charge in [0.05, 0.1) is 17.8 Å². The molecule has 26 heavy (non-hydrogen) atoms. The molecule has 4 N–H and O–H groups in total. The van der Waals surface area contributed by atoms with Gasteiger partial charge in [-0.1, -0.05) is 74.8 Å². The SMILES string of the molecule is CCCCC[C@H](O)[C@H](O)C=CC=CC=CC=C[C@@](C)(O)CCCC(=O)O. The third-order valence-electron chi connectivity index (χ3n) is 3.89. The zero-order valence-electron chi connectivity index (χ0n) is 15.9. The van der Waals surface area contributed by atoms with Crippen LogP contribution < -0.4 is 0 Å². The lowest BCUT2D eigenvalue weighted by Gasteiger charge is -2.17. The van der Waals surface area contributed by atoms with E-state index in [0.29, 0.717) is 19.3 Å². The van der Waals surface area contributed by atoms with Crippen molar-refractivity contribution >= 4 is 5.97 Å². The van der Waals surface area contributed by atoms with Crippen molar-refractivity contribution in [2.75, 3.05) is 0 Å². The van der Waals surface area contributed by atoms with Crippen molar-refractivity contribution in [1.82, 2.24) is 0 Å². The number of aliphatic carboxylic acids is 1. The lowest BCUT2D eigenvalue weighted by molar-refractivity contribution is -0.137. The van der Waals surface area contributed by atoms with Crippen molar-refractivity contribution in [3.63, 3.8) is 0 Å². The van der Waals surface area contributed by atoms with Crippen molar-refractivity contribution < 1.29 is 25.2 Å². The van der Waals surface area contributed by atoms with Crippen LogP contribution in [-0.2, 0) is 4.79 Å². The third-order valence-corrected chi connectivity index (χ3v) is 3.89. The first-order valence-corrected chi connectivity index (χ1v) is 9.28. The molecular formula is C21H34O5. The van der Waals surface area contributed by atoms with Crippen LogP contribution in [0.25, 0.3) is 0 Å². The van der Waals surface area contributed by atoms with E-state index in [1.807, 2.05) is 0 Å². The Morgan fingerprint density at radius 2 is 1.62 bits per heavy atom. The van der Waals surface area contributed by atoms with Gasteiger partial charge in [-0.2, -0.15) is 0 Å². The van der Waals surface area contributed by atoms with Gasteiger partial charge in [-0.25, -0.2) is 0 Å². The summed E-state index contributed by atoms with van der Waals surface area (Å²) in [5.41, 5.74) is -1.03. The number of rotatable bonds is 14. The van der Waals surface area contributed by atoms with E-state index in [2.05, 4.69) is 6.92 Å². The van der Waals surface area contributed by atoms with Gasteiger partial charge in [0.15, 0.2) is 0 Å². The van der Waals surface area contributed by atoms with E-state index in [-0.39, 0.29) is 6.42 Å². The van der Waals surface area contributed by atoms with Gasteiger partial charge < -0.3 is 20.4 Å². The number of carboxylic acids is 1. The van der Waals surface area contributed by atoms with E-state index in [1.165, 1.54) is 0 Å². The van der Waals surface area contributed by atoms with Crippen molar-refractivity contribution in [2.24, 2.45) is 0 Å². The molecule has 0 aromatic heterocycles. The Balaban J connectivity index is 4.13. The minimum absolute atomic E-state index is 0.0497. The molecule has 0 fully saturated rings. The fraction of sp³-hybridized carbons (Fsp3) is 0.571. The molecule has 5 heteroatoms. The highest BCUT2D eigenvalue weighted by Crippen LogP contribution is 2.15. The van der Waals surface area contributed by atoms with Gasteiger partial charge in [-0.3, -0.25) is 4.79 Å². The van der Waals surface area contributed by atoms with Crippen LogP contribution in [-0.4, -0.2) is 44.2 Å². The van der Waals surface area contributed by atoms with Crippen LogP contribution in [0.1, 0.15) is 58.8 Å². The van der Waals surface area contributed by atoms with Crippen LogP contribution >= 0.6 is 0 Å². The summed E-state index contributed by atoms with van der Waals surface area (Å²) < 4.78 is 0. The van der Waals surface area contributed by atoms with Crippen molar-refractivity contribution in [3.05, 3.63) is 48.6 Å². The highest BCUT2D eigenvalue weighted by molar-refractivity contribution is 5.66. The Bertz CT molecular complexity index is 489. The highest BCUT2D eigenvalue weighted by Gasteiger charge is 2.15. The van der Waals surface area contributed by atoms with Gasteiger partial charge in [0.1, 0.15) is 0 Å². The largest absolute Gasteiger partial charge is 0.481 e. The van der Waals surface area contributed by atoms with Crippen LogP contribution in [0, 0.1) is 0 Å². The van der Waals surface area contributed by atoms with Crippen molar-refractivity contribution in [2.45, 2.75) is 76.6 Å². The zero-order valence-corrected chi connectivity index (χ0v) is 15.9. The van der Waals surface area contributed by atoms with Crippen LogP contribution in [0.5, 0.6) is 0 Å². The number of carboxylic acid groups (broad SMARTS) is 1. The lowest BCUT2D eigenvalue weighted by atomic mass is 9.98. The summed E-state index contributed by atoms with van der Waals surface area (Å²) in [6.07, 6.45) is 16.6. The minimum Gasteiger partial charge on any atom is -0.481 e. The summed E-state index contributed by atoms with van der Waals surface area (Å²) >= 11 is 0. The van der Waals surface area contributed by atoms with Gasteiger partial charge in [-0.05, 0) is 26.2 Å². The van der Waals surface area contributed by atoms with Gasteiger partial charge in [0, 0.05) is 6.42 Å². The third kappa shape index (κ3) is 14.6. The maximum atomic E-state index is 10.5. The van der Waals surface area contributed by atoms with Gasteiger partial charge in [0.25, 0.3) is 0 Å². The normalized spacial score (nSPS) is 17.4. The average molecular weight is 366 g/mol. The number of unbranched alkanes of at least 4 members (excludes halogenated alkanes) is 2. The smallest absolute Gasteiger partial charge is 0.303 e. The summed E-state index contributed by atoms with van der Waals surface area (Å²) in [4.78, 5) is 10.5. The second-order valence-corrected chi connectivity index (χ2v) is 6.67.